The second-order valence-corrected chi connectivity index (χ2v) is 5.82. The maximum Gasteiger partial charge on any atom is 0.223 e. The van der Waals surface area contributed by atoms with Crippen molar-refractivity contribution in [1.82, 2.24) is 5.32 Å². The summed E-state index contributed by atoms with van der Waals surface area (Å²) in [7, 11) is 0. The third-order valence-corrected chi connectivity index (χ3v) is 3.87. The molecule has 1 aliphatic heterocycles. The summed E-state index contributed by atoms with van der Waals surface area (Å²) < 4.78 is 32.7. The number of hydrogen-bond donors (Lipinski definition) is 2. The predicted molar refractivity (Wildman–Crippen MR) is 77.1 cm³/mol. The minimum atomic E-state index is -1.42. The highest BCUT2D eigenvalue weighted by molar-refractivity contribution is 5.78. The van der Waals surface area contributed by atoms with Crippen molar-refractivity contribution in [1.29, 1.82) is 0 Å². The summed E-state index contributed by atoms with van der Waals surface area (Å²) in [4.78, 5) is 12.1. The van der Waals surface area contributed by atoms with Crippen LogP contribution in [0.2, 0.25) is 0 Å². The lowest BCUT2D eigenvalue weighted by Crippen LogP contribution is -2.40. The highest BCUT2D eigenvalue weighted by atomic mass is 19.1. The molecular weight excluding hydrogens is 292 g/mol. The van der Waals surface area contributed by atoms with Crippen molar-refractivity contribution in [3.05, 3.63) is 35.4 Å². The summed E-state index contributed by atoms with van der Waals surface area (Å²) in [6.45, 7) is 3.58. The van der Waals surface area contributed by atoms with Gasteiger partial charge in [-0.25, -0.2) is 8.78 Å². The minimum absolute atomic E-state index is 0.00608. The van der Waals surface area contributed by atoms with Gasteiger partial charge in [-0.3, -0.25) is 4.79 Å². The van der Waals surface area contributed by atoms with Gasteiger partial charge in [-0.15, -0.1) is 0 Å². The molecule has 0 radical (unpaired) electrons. The number of amides is 1. The van der Waals surface area contributed by atoms with E-state index in [1.54, 1.807) is 0 Å². The van der Waals surface area contributed by atoms with Gasteiger partial charge in [0.1, 0.15) is 17.7 Å². The van der Waals surface area contributed by atoms with Gasteiger partial charge in [0.15, 0.2) is 0 Å². The average Bonchev–Trinajstić information content (AvgIpc) is 2.43. The first-order chi connectivity index (χ1) is 10.4. The molecule has 2 N–H and O–H groups in total. The Bertz CT molecular complexity index is 508. The van der Waals surface area contributed by atoms with Gasteiger partial charge in [0.2, 0.25) is 5.91 Å². The summed E-state index contributed by atoms with van der Waals surface area (Å²) >= 11 is 0. The summed E-state index contributed by atoms with van der Waals surface area (Å²) in [6, 6.07) is 3.38. The van der Waals surface area contributed by atoms with Crippen LogP contribution < -0.4 is 5.32 Å². The van der Waals surface area contributed by atoms with Crippen molar-refractivity contribution >= 4 is 5.91 Å². The highest BCUT2D eigenvalue weighted by Crippen LogP contribution is 2.25. The average molecular weight is 313 g/mol. The number of carbonyl (C=O) groups is 1. The first-order valence-electron chi connectivity index (χ1n) is 7.43. The van der Waals surface area contributed by atoms with Crippen molar-refractivity contribution in [2.45, 2.75) is 45.0 Å². The Labute approximate surface area is 128 Å². The predicted octanol–water partition coefficient (Wildman–Crippen LogP) is 2.32. The van der Waals surface area contributed by atoms with Crippen LogP contribution in [0.3, 0.4) is 0 Å². The number of aliphatic hydroxyl groups excluding tert-OH is 1. The molecule has 0 saturated carbocycles. The summed E-state index contributed by atoms with van der Waals surface area (Å²) in [6.07, 6.45) is -0.234. The molecule has 0 bridgehead atoms. The molecule has 2 rings (SSSR count). The molecule has 3 unspecified atom stereocenters. The molecule has 0 aliphatic carbocycles. The van der Waals surface area contributed by atoms with Crippen LogP contribution in [0, 0.1) is 17.6 Å². The Morgan fingerprint density at radius 3 is 2.41 bits per heavy atom. The van der Waals surface area contributed by atoms with E-state index in [-0.39, 0.29) is 30.6 Å². The van der Waals surface area contributed by atoms with Crippen LogP contribution >= 0.6 is 0 Å². The van der Waals surface area contributed by atoms with Crippen LogP contribution in [0.25, 0.3) is 0 Å². The van der Waals surface area contributed by atoms with Crippen molar-refractivity contribution in [2.24, 2.45) is 5.92 Å². The summed E-state index contributed by atoms with van der Waals surface area (Å²) in [5.41, 5.74) is -0.420. The summed E-state index contributed by atoms with van der Waals surface area (Å²) in [5, 5.41) is 12.5. The van der Waals surface area contributed by atoms with Gasteiger partial charge in [0.25, 0.3) is 0 Å². The Hall–Kier alpha value is -1.53. The van der Waals surface area contributed by atoms with Crippen molar-refractivity contribution < 1.29 is 23.4 Å². The molecule has 1 fully saturated rings. The quantitative estimate of drug-likeness (QED) is 0.897. The van der Waals surface area contributed by atoms with E-state index in [1.807, 2.05) is 13.8 Å². The normalized spacial score (nSPS) is 26.5. The van der Waals surface area contributed by atoms with E-state index in [0.717, 1.165) is 12.1 Å². The number of hydrogen-bond acceptors (Lipinski definition) is 3. The summed E-state index contributed by atoms with van der Waals surface area (Å²) in [5.74, 6) is -2.08. The molecule has 3 atom stereocenters. The van der Waals surface area contributed by atoms with Gasteiger partial charge in [-0.1, -0.05) is 6.07 Å². The van der Waals surface area contributed by atoms with E-state index in [0.29, 0.717) is 12.8 Å². The van der Waals surface area contributed by atoms with Crippen LogP contribution in [0.15, 0.2) is 18.2 Å². The number of ether oxygens (including phenoxy) is 1. The third kappa shape index (κ3) is 4.01. The molecule has 6 heteroatoms. The zero-order chi connectivity index (χ0) is 16.3. The molecule has 122 valence electrons. The second-order valence-electron chi connectivity index (χ2n) is 5.82. The largest absolute Gasteiger partial charge is 0.386 e. The maximum absolute atomic E-state index is 13.6. The first kappa shape index (κ1) is 16.8. The smallest absolute Gasteiger partial charge is 0.223 e. The van der Waals surface area contributed by atoms with E-state index >= 15 is 0 Å². The van der Waals surface area contributed by atoms with Crippen LogP contribution in [0.4, 0.5) is 8.78 Å². The van der Waals surface area contributed by atoms with Crippen LogP contribution in [-0.4, -0.2) is 29.8 Å². The maximum atomic E-state index is 13.6. The lowest BCUT2D eigenvalue weighted by Gasteiger charge is -2.31. The number of nitrogens with one attached hydrogen (secondary N) is 1. The molecular formula is C16H21F2NO3. The zero-order valence-electron chi connectivity index (χ0n) is 12.7. The number of rotatable bonds is 4. The van der Waals surface area contributed by atoms with Gasteiger partial charge >= 0.3 is 0 Å². The molecule has 1 heterocycles. The van der Waals surface area contributed by atoms with Crippen molar-refractivity contribution in [2.75, 3.05) is 6.54 Å². The number of aliphatic hydroxyl groups is 1. The van der Waals surface area contributed by atoms with Crippen LogP contribution in [-0.2, 0) is 9.53 Å². The standard InChI is InChI=1S/C16H21F2NO3/c1-9-6-11(7-10(2)22-9)16(21)19-8-14(20)15-12(17)4-3-5-13(15)18/h3-5,9-11,14,20H,6-8H2,1-2H3,(H,19,21). The Balaban J connectivity index is 1.93. The lowest BCUT2D eigenvalue weighted by molar-refractivity contribution is -0.133. The Kier molecular flexibility index (Phi) is 5.47. The Morgan fingerprint density at radius 2 is 1.86 bits per heavy atom. The van der Waals surface area contributed by atoms with Gasteiger partial charge < -0.3 is 15.2 Å². The highest BCUT2D eigenvalue weighted by Gasteiger charge is 2.30. The first-order valence-corrected chi connectivity index (χ1v) is 7.43. The molecule has 1 saturated heterocycles. The number of halogens is 2. The van der Waals surface area contributed by atoms with Crippen LogP contribution in [0.5, 0.6) is 0 Å². The Morgan fingerprint density at radius 1 is 1.32 bits per heavy atom. The molecule has 0 aromatic heterocycles. The fourth-order valence-corrected chi connectivity index (χ4v) is 2.89. The SMILES string of the molecule is CC1CC(C(=O)NCC(O)c2c(F)cccc2F)CC(C)O1. The van der Waals surface area contributed by atoms with Crippen molar-refractivity contribution in [3.8, 4) is 0 Å². The fraction of sp³-hybridized carbons (Fsp3) is 0.562. The number of carbonyl (C=O) groups excluding carboxylic acids is 1. The van der Waals surface area contributed by atoms with E-state index in [2.05, 4.69) is 5.32 Å². The van der Waals surface area contributed by atoms with Gasteiger partial charge in [0.05, 0.1) is 17.8 Å². The monoisotopic (exact) mass is 313 g/mol. The van der Waals surface area contributed by atoms with E-state index in [1.165, 1.54) is 6.07 Å². The van der Waals surface area contributed by atoms with E-state index < -0.39 is 23.3 Å². The van der Waals surface area contributed by atoms with Gasteiger partial charge in [-0.2, -0.15) is 0 Å². The molecule has 1 amide bonds. The van der Waals surface area contributed by atoms with Crippen molar-refractivity contribution in [3.63, 3.8) is 0 Å². The molecule has 22 heavy (non-hydrogen) atoms. The fourth-order valence-electron chi connectivity index (χ4n) is 2.89. The minimum Gasteiger partial charge on any atom is -0.386 e. The molecule has 1 aromatic rings. The van der Waals surface area contributed by atoms with E-state index in [9.17, 15) is 18.7 Å². The van der Waals surface area contributed by atoms with Crippen LogP contribution in [0.1, 0.15) is 38.4 Å². The molecule has 4 nitrogen and oxygen atoms in total. The lowest BCUT2D eigenvalue weighted by atomic mass is 9.92. The van der Waals surface area contributed by atoms with Gasteiger partial charge in [-0.05, 0) is 38.8 Å². The molecule has 1 aromatic carbocycles. The van der Waals surface area contributed by atoms with Gasteiger partial charge in [0, 0.05) is 12.5 Å². The second kappa shape index (κ2) is 7.15. The number of benzene rings is 1. The molecule has 1 aliphatic rings. The molecule has 0 spiro atoms. The zero-order valence-corrected chi connectivity index (χ0v) is 12.7. The van der Waals surface area contributed by atoms with E-state index in [4.69, 9.17) is 4.74 Å². The third-order valence-electron chi connectivity index (χ3n) is 3.87. The topological polar surface area (TPSA) is 58.6 Å².